The van der Waals surface area contributed by atoms with E-state index in [4.69, 9.17) is 0 Å². The van der Waals surface area contributed by atoms with Gasteiger partial charge < -0.3 is 0 Å². The van der Waals surface area contributed by atoms with E-state index in [1.165, 1.54) is 22.3 Å². The molecule has 14 heavy (non-hydrogen) atoms. The fourth-order valence-corrected chi connectivity index (χ4v) is 1.82. The summed E-state index contributed by atoms with van der Waals surface area (Å²) in [5, 5.41) is 4.19. The number of benzene rings is 1. The average molecular weight is 186 g/mol. The van der Waals surface area contributed by atoms with Crippen LogP contribution in [0.4, 0.5) is 0 Å². The Labute approximate surface area is 84.2 Å². The number of rotatable bonds is 1. The molecular weight excluding hydrogens is 172 g/mol. The van der Waals surface area contributed by atoms with Crippen molar-refractivity contribution in [2.75, 3.05) is 0 Å². The van der Waals surface area contributed by atoms with E-state index in [-0.39, 0.29) is 0 Å². The topological polar surface area (TPSA) is 17.8 Å². The van der Waals surface area contributed by atoms with Gasteiger partial charge in [0.05, 0.1) is 6.20 Å². The zero-order chi connectivity index (χ0) is 10.1. The Morgan fingerprint density at radius 1 is 1.14 bits per heavy atom. The average Bonchev–Trinajstić information content (AvgIpc) is 2.51. The summed E-state index contributed by atoms with van der Waals surface area (Å²) in [4.78, 5) is 0. The van der Waals surface area contributed by atoms with Crippen molar-refractivity contribution < 1.29 is 0 Å². The van der Waals surface area contributed by atoms with Gasteiger partial charge in [0.15, 0.2) is 0 Å². The van der Waals surface area contributed by atoms with Crippen LogP contribution >= 0.6 is 0 Å². The molecule has 0 fully saturated rings. The van der Waals surface area contributed by atoms with E-state index in [1.54, 1.807) is 0 Å². The molecule has 0 saturated carbocycles. The normalized spacial score (nSPS) is 10.5. The first-order chi connectivity index (χ1) is 6.68. The second-order valence-electron chi connectivity index (χ2n) is 3.67. The third-order valence-corrected chi connectivity index (χ3v) is 2.47. The van der Waals surface area contributed by atoms with Crippen LogP contribution in [0.2, 0.25) is 0 Å². The summed E-state index contributed by atoms with van der Waals surface area (Å²) in [6.45, 7) is 4.27. The van der Waals surface area contributed by atoms with Crippen LogP contribution in [0.5, 0.6) is 0 Å². The van der Waals surface area contributed by atoms with Crippen LogP contribution in [0.25, 0.3) is 11.1 Å². The molecule has 2 nitrogen and oxygen atoms in total. The fraction of sp³-hybridized carbons (Fsp3) is 0.250. The van der Waals surface area contributed by atoms with E-state index in [0.717, 1.165) is 0 Å². The summed E-state index contributed by atoms with van der Waals surface area (Å²) in [5.41, 5.74) is 5.11. The second-order valence-corrected chi connectivity index (χ2v) is 3.67. The van der Waals surface area contributed by atoms with E-state index in [2.05, 4.69) is 43.3 Å². The molecule has 1 heterocycles. The first-order valence-corrected chi connectivity index (χ1v) is 4.73. The van der Waals surface area contributed by atoms with E-state index in [0.29, 0.717) is 0 Å². The number of hydrogen-bond donors (Lipinski definition) is 0. The molecule has 72 valence electrons. The molecule has 0 aliphatic heterocycles. The lowest BCUT2D eigenvalue weighted by molar-refractivity contribution is 0.768. The van der Waals surface area contributed by atoms with Crippen molar-refractivity contribution in [1.82, 2.24) is 9.78 Å². The van der Waals surface area contributed by atoms with Gasteiger partial charge in [0.2, 0.25) is 0 Å². The van der Waals surface area contributed by atoms with Crippen molar-refractivity contribution in [3.05, 3.63) is 41.7 Å². The Hall–Kier alpha value is -1.57. The van der Waals surface area contributed by atoms with Gasteiger partial charge in [-0.05, 0) is 30.5 Å². The first kappa shape index (κ1) is 9.00. The lowest BCUT2D eigenvalue weighted by Crippen LogP contribution is -1.86. The Balaban J connectivity index is 2.61. The van der Waals surface area contributed by atoms with E-state index in [1.807, 2.05) is 17.9 Å². The van der Waals surface area contributed by atoms with Crippen molar-refractivity contribution in [1.29, 1.82) is 0 Å². The van der Waals surface area contributed by atoms with Gasteiger partial charge >= 0.3 is 0 Å². The minimum absolute atomic E-state index is 1.20. The summed E-state index contributed by atoms with van der Waals surface area (Å²) in [6.07, 6.45) is 3.96. The number of hydrogen-bond acceptors (Lipinski definition) is 1. The van der Waals surface area contributed by atoms with Crippen molar-refractivity contribution in [2.24, 2.45) is 7.05 Å². The maximum atomic E-state index is 4.19. The Morgan fingerprint density at radius 2 is 1.79 bits per heavy atom. The molecule has 0 aliphatic carbocycles. The predicted molar refractivity (Wildman–Crippen MR) is 58.1 cm³/mol. The molecule has 0 atom stereocenters. The number of aromatic nitrogens is 2. The molecule has 1 aromatic heterocycles. The highest BCUT2D eigenvalue weighted by atomic mass is 15.2. The third-order valence-electron chi connectivity index (χ3n) is 2.47. The maximum absolute atomic E-state index is 4.19. The minimum atomic E-state index is 1.20. The van der Waals surface area contributed by atoms with Crippen molar-refractivity contribution >= 4 is 0 Å². The van der Waals surface area contributed by atoms with Crippen LogP contribution in [0.3, 0.4) is 0 Å². The zero-order valence-electron chi connectivity index (χ0n) is 8.78. The first-order valence-electron chi connectivity index (χ1n) is 4.73. The molecule has 2 aromatic rings. The largest absolute Gasteiger partial charge is 0.275 e. The van der Waals surface area contributed by atoms with E-state index < -0.39 is 0 Å². The molecule has 0 amide bonds. The molecule has 0 bridgehead atoms. The highest BCUT2D eigenvalue weighted by Gasteiger charge is 2.06. The maximum Gasteiger partial charge on any atom is 0.0568 e. The molecule has 0 N–H and O–H groups in total. The molecule has 2 rings (SSSR count). The molecule has 0 unspecified atom stereocenters. The zero-order valence-corrected chi connectivity index (χ0v) is 8.78. The molecule has 2 heteroatoms. The quantitative estimate of drug-likeness (QED) is 0.669. The summed E-state index contributed by atoms with van der Waals surface area (Å²) >= 11 is 0. The van der Waals surface area contributed by atoms with Crippen LogP contribution in [0.1, 0.15) is 11.1 Å². The summed E-state index contributed by atoms with van der Waals surface area (Å²) in [7, 11) is 1.94. The van der Waals surface area contributed by atoms with Gasteiger partial charge in [0, 0.05) is 18.8 Å². The smallest absolute Gasteiger partial charge is 0.0568 e. The Morgan fingerprint density at radius 3 is 2.29 bits per heavy atom. The van der Waals surface area contributed by atoms with Gasteiger partial charge in [-0.2, -0.15) is 5.10 Å². The SMILES string of the molecule is Cc1cccc(C)c1-c1cnn(C)c1. The second kappa shape index (κ2) is 3.29. The van der Waals surface area contributed by atoms with Crippen LogP contribution < -0.4 is 0 Å². The number of nitrogens with zero attached hydrogens (tertiary/aromatic N) is 2. The number of aryl methyl sites for hydroxylation is 3. The molecule has 0 radical (unpaired) electrons. The standard InChI is InChI=1S/C12H14N2/c1-9-5-4-6-10(2)12(9)11-7-13-14(3)8-11/h4-8H,1-3H3. The van der Waals surface area contributed by atoms with E-state index in [9.17, 15) is 0 Å². The molecule has 0 spiro atoms. The predicted octanol–water partition coefficient (Wildman–Crippen LogP) is 2.70. The van der Waals surface area contributed by atoms with Gasteiger partial charge in [-0.25, -0.2) is 0 Å². The summed E-state index contributed by atoms with van der Waals surface area (Å²) in [6, 6.07) is 6.36. The van der Waals surface area contributed by atoms with E-state index >= 15 is 0 Å². The molecular formula is C12H14N2. The lowest BCUT2D eigenvalue weighted by Gasteiger charge is -2.06. The van der Waals surface area contributed by atoms with Crippen molar-refractivity contribution in [2.45, 2.75) is 13.8 Å². The van der Waals surface area contributed by atoms with Crippen LogP contribution in [-0.4, -0.2) is 9.78 Å². The highest BCUT2D eigenvalue weighted by molar-refractivity contribution is 5.69. The molecule has 0 aliphatic rings. The van der Waals surface area contributed by atoms with Crippen LogP contribution in [-0.2, 0) is 7.05 Å². The van der Waals surface area contributed by atoms with Crippen molar-refractivity contribution in [3.63, 3.8) is 0 Å². The Kier molecular flexibility index (Phi) is 2.12. The van der Waals surface area contributed by atoms with Gasteiger partial charge in [0.1, 0.15) is 0 Å². The summed E-state index contributed by atoms with van der Waals surface area (Å²) in [5.74, 6) is 0. The van der Waals surface area contributed by atoms with Gasteiger partial charge in [-0.1, -0.05) is 18.2 Å². The van der Waals surface area contributed by atoms with Gasteiger partial charge in [0.25, 0.3) is 0 Å². The monoisotopic (exact) mass is 186 g/mol. The van der Waals surface area contributed by atoms with Crippen molar-refractivity contribution in [3.8, 4) is 11.1 Å². The van der Waals surface area contributed by atoms with Gasteiger partial charge in [-0.3, -0.25) is 4.68 Å². The fourth-order valence-electron chi connectivity index (χ4n) is 1.82. The molecule has 0 saturated heterocycles. The summed E-state index contributed by atoms with van der Waals surface area (Å²) < 4.78 is 1.83. The van der Waals surface area contributed by atoms with Gasteiger partial charge in [-0.15, -0.1) is 0 Å². The van der Waals surface area contributed by atoms with Crippen LogP contribution in [0, 0.1) is 13.8 Å². The third kappa shape index (κ3) is 1.43. The Bertz CT molecular complexity index is 435. The molecule has 1 aromatic carbocycles. The highest BCUT2D eigenvalue weighted by Crippen LogP contribution is 2.25. The lowest BCUT2D eigenvalue weighted by atomic mass is 9.98. The van der Waals surface area contributed by atoms with Crippen LogP contribution in [0.15, 0.2) is 30.6 Å². The minimum Gasteiger partial charge on any atom is -0.275 e.